The van der Waals surface area contributed by atoms with Crippen molar-refractivity contribution >= 4 is 46.0 Å². The molecule has 3 unspecified atom stereocenters. The van der Waals surface area contributed by atoms with Gasteiger partial charge < -0.3 is 20.0 Å². The summed E-state index contributed by atoms with van der Waals surface area (Å²) in [7, 11) is 0. The maximum Gasteiger partial charge on any atom is 0.308 e. The van der Waals surface area contributed by atoms with Gasteiger partial charge in [0.25, 0.3) is 5.91 Å². The van der Waals surface area contributed by atoms with Gasteiger partial charge in [-0.2, -0.15) is 0 Å². The van der Waals surface area contributed by atoms with E-state index < -0.39 is 34.6 Å². The van der Waals surface area contributed by atoms with Crippen molar-refractivity contribution in [1.29, 1.82) is 0 Å². The number of likely N-dealkylation sites (tertiary alicyclic amines) is 1. The molecule has 196 valence electrons. The van der Waals surface area contributed by atoms with Crippen molar-refractivity contribution in [3.63, 3.8) is 0 Å². The van der Waals surface area contributed by atoms with E-state index in [1.807, 2.05) is 63.2 Å². The number of carbonyl (C=O) groups excluding carboxylic acids is 2. The summed E-state index contributed by atoms with van der Waals surface area (Å²) in [5.74, 6) is -3.34. The number of hydrogen-bond acceptors (Lipinski definition) is 5. The number of hydrogen-bond donors (Lipinski definition) is 2. The lowest BCUT2D eigenvalue weighted by Gasteiger charge is -2.42. The normalized spacial score (nSPS) is 31.1. The molecule has 7 atom stereocenters. The van der Waals surface area contributed by atoms with Crippen LogP contribution in [-0.2, 0) is 14.4 Å². The van der Waals surface area contributed by atoms with Crippen molar-refractivity contribution in [3.05, 3.63) is 55.1 Å². The van der Waals surface area contributed by atoms with Crippen LogP contribution >= 0.6 is 11.8 Å². The number of fused-ring (bicyclic) bond motifs is 2. The van der Waals surface area contributed by atoms with E-state index in [4.69, 9.17) is 0 Å². The highest BCUT2D eigenvalue weighted by atomic mass is 32.2. The average Bonchev–Trinajstić information content (AvgIpc) is 3.46. The maximum absolute atomic E-state index is 14.7. The van der Waals surface area contributed by atoms with Gasteiger partial charge in [-0.25, -0.2) is 0 Å². The minimum Gasteiger partial charge on any atom is -0.481 e. The molecule has 3 fully saturated rings. The van der Waals surface area contributed by atoms with Gasteiger partial charge in [-0.1, -0.05) is 57.2 Å². The van der Waals surface area contributed by atoms with Gasteiger partial charge >= 0.3 is 5.97 Å². The Morgan fingerprint density at radius 3 is 2.57 bits per heavy atom. The highest BCUT2D eigenvalue weighted by molar-refractivity contribution is 8.02. The van der Waals surface area contributed by atoms with Crippen molar-refractivity contribution < 1.29 is 24.6 Å². The second-order valence-corrected chi connectivity index (χ2v) is 12.4. The summed E-state index contributed by atoms with van der Waals surface area (Å²) < 4.78 is -0.861. The molecule has 0 saturated carbocycles. The monoisotopic (exact) mass is 522 g/mol. The van der Waals surface area contributed by atoms with Crippen LogP contribution in [0, 0.1) is 23.7 Å². The van der Waals surface area contributed by atoms with E-state index in [2.05, 4.69) is 6.58 Å². The van der Waals surface area contributed by atoms with Crippen molar-refractivity contribution in [3.8, 4) is 0 Å². The number of nitrogens with zero attached hydrogens (tertiary/aromatic N) is 2. The molecule has 0 aromatic heterocycles. The number of thioether (sulfide) groups is 1. The zero-order valence-corrected chi connectivity index (χ0v) is 22.2. The molecule has 2 amide bonds. The molecule has 7 nitrogen and oxygen atoms in total. The van der Waals surface area contributed by atoms with Crippen LogP contribution in [0.25, 0.3) is 10.8 Å². The number of aliphatic carboxylic acids is 1. The van der Waals surface area contributed by atoms with Crippen molar-refractivity contribution in [1.82, 2.24) is 4.90 Å². The molecule has 0 radical (unpaired) electrons. The molecule has 2 bridgehead atoms. The molecule has 0 aliphatic carbocycles. The zero-order chi connectivity index (χ0) is 26.6. The second-order valence-electron chi connectivity index (χ2n) is 10.9. The van der Waals surface area contributed by atoms with Gasteiger partial charge in [0.2, 0.25) is 5.91 Å². The number of carboxylic acid groups (broad SMARTS) is 1. The van der Waals surface area contributed by atoms with Crippen molar-refractivity contribution in [2.45, 2.75) is 49.3 Å². The van der Waals surface area contributed by atoms with Gasteiger partial charge in [0.15, 0.2) is 0 Å². The van der Waals surface area contributed by atoms with Gasteiger partial charge in [0, 0.05) is 17.5 Å². The lowest BCUT2D eigenvalue weighted by Crippen LogP contribution is -2.60. The van der Waals surface area contributed by atoms with Gasteiger partial charge in [-0.15, -0.1) is 18.3 Å². The Labute approximate surface area is 221 Å². The quantitative estimate of drug-likeness (QED) is 0.512. The van der Waals surface area contributed by atoms with Crippen LogP contribution in [0.2, 0.25) is 0 Å². The molecule has 2 aromatic carbocycles. The largest absolute Gasteiger partial charge is 0.481 e. The molecule has 8 heteroatoms. The molecule has 3 aliphatic rings. The first-order valence-corrected chi connectivity index (χ1v) is 13.8. The molecule has 2 N–H and O–H groups in total. The highest BCUT2D eigenvalue weighted by Gasteiger charge is 2.77. The van der Waals surface area contributed by atoms with E-state index in [0.717, 1.165) is 10.8 Å². The zero-order valence-electron chi connectivity index (χ0n) is 21.4. The number of benzene rings is 2. The first-order chi connectivity index (χ1) is 17.7. The van der Waals surface area contributed by atoms with E-state index >= 15 is 0 Å². The highest BCUT2D eigenvalue weighted by Crippen LogP contribution is 2.69. The van der Waals surface area contributed by atoms with Crippen molar-refractivity contribution in [2.24, 2.45) is 23.7 Å². The molecule has 5 rings (SSSR count). The summed E-state index contributed by atoms with van der Waals surface area (Å²) in [5.41, 5.74) is 0.695. The third-order valence-electron chi connectivity index (χ3n) is 8.64. The van der Waals surface area contributed by atoms with Crippen LogP contribution in [-0.4, -0.2) is 68.1 Å². The third kappa shape index (κ3) is 3.71. The predicted molar refractivity (Wildman–Crippen MR) is 145 cm³/mol. The van der Waals surface area contributed by atoms with Crippen molar-refractivity contribution in [2.75, 3.05) is 18.1 Å². The Morgan fingerprint density at radius 2 is 1.95 bits per heavy atom. The van der Waals surface area contributed by atoms with Gasteiger partial charge in [-0.3, -0.25) is 14.4 Å². The van der Waals surface area contributed by atoms with Crippen LogP contribution in [0.4, 0.5) is 5.69 Å². The molecule has 3 heterocycles. The minimum absolute atomic E-state index is 0.0281. The van der Waals surface area contributed by atoms with Crippen LogP contribution in [0.1, 0.15) is 27.2 Å². The summed E-state index contributed by atoms with van der Waals surface area (Å²) in [6, 6.07) is 12.3. The van der Waals surface area contributed by atoms with Gasteiger partial charge in [0.05, 0.1) is 29.2 Å². The fourth-order valence-electron chi connectivity index (χ4n) is 6.94. The van der Waals surface area contributed by atoms with Crippen LogP contribution < -0.4 is 4.90 Å². The Bertz CT molecular complexity index is 1260. The Morgan fingerprint density at radius 1 is 1.24 bits per heavy atom. The number of aliphatic hydroxyl groups excluding tert-OH is 1. The molecule has 1 spiro atoms. The molecular weight excluding hydrogens is 488 g/mol. The summed E-state index contributed by atoms with van der Waals surface area (Å²) in [4.78, 5) is 44.3. The van der Waals surface area contributed by atoms with Crippen LogP contribution in [0.5, 0.6) is 0 Å². The number of anilines is 1. The van der Waals surface area contributed by atoms with E-state index in [1.165, 1.54) is 11.8 Å². The topological polar surface area (TPSA) is 98.2 Å². The molecule has 37 heavy (non-hydrogen) atoms. The van der Waals surface area contributed by atoms with Crippen LogP contribution in [0.3, 0.4) is 0 Å². The van der Waals surface area contributed by atoms with Gasteiger partial charge in [0.1, 0.15) is 6.04 Å². The van der Waals surface area contributed by atoms with E-state index in [1.54, 1.807) is 15.9 Å². The predicted octanol–water partition coefficient (Wildman–Crippen LogP) is 3.80. The first-order valence-electron chi connectivity index (χ1n) is 12.9. The third-order valence-corrected chi connectivity index (χ3v) is 10.7. The van der Waals surface area contributed by atoms with E-state index in [-0.39, 0.29) is 42.1 Å². The molecular formula is C29H34N2O5S. The summed E-state index contributed by atoms with van der Waals surface area (Å²) >= 11 is 1.51. The Hall–Kier alpha value is -2.84. The summed E-state index contributed by atoms with van der Waals surface area (Å²) in [6.07, 6.45) is 2.31. The Balaban J connectivity index is 1.66. The average molecular weight is 523 g/mol. The number of amides is 2. The molecule has 2 aromatic rings. The number of rotatable bonds is 8. The molecule has 3 aliphatic heterocycles. The Kier molecular flexibility index (Phi) is 6.61. The number of aliphatic hydroxyl groups is 1. The van der Waals surface area contributed by atoms with Gasteiger partial charge in [-0.05, 0) is 41.2 Å². The summed E-state index contributed by atoms with van der Waals surface area (Å²) in [6.45, 7) is 9.68. The number of carboxylic acids is 1. The van der Waals surface area contributed by atoms with E-state index in [0.29, 0.717) is 12.1 Å². The lowest BCUT2D eigenvalue weighted by atomic mass is 9.66. The maximum atomic E-state index is 14.7. The minimum atomic E-state index is -0.986. The standard InChI is InChI=1S/C29H34N2O5S/c1-5-12-30(20-11-10-18-8-6-7-9-19(18)14-20)27(34)25-29-17(4)13-22(37-29)23(28(35)36)24(29)26(33)31(25)21(15-32)16(2)3/h5-11,14,16-17,21-25,32H,1,12-13,15H2,2-4H3,(H,35,36)/t17?,21-,22-,23+,24-,25?,29?/m0/s1. The SMILES string of the molecule is C=CCN(C(=O)C1N([C@@H](CO)C(C)C)C(=O)[C@@H]2[C@H](C(=O)O)[C@@H]3CC(C)C12S3)c1ccc2ccccc2c1. The first kappa shape index (κ1) is 25.8. The summed E-state index contributed by atoms with van der Waals surface area (Å²) in [5, 5.41) is 22.3. The fourth-order valence-corrected chi connectivity index (χ4v) is 9.34. The fraction of sp³-hybridized carbons (Fsp3) is 0.483. The lowest BCUT2D eigenvalue weighted by molar-refractivity contribution is -0.150. The molecule has 3 saturated heterocycles. The number of carbonyl (C=O) groups is 3. The van der Waals surface area contributed by atoms with Crippen LogP contribution in [0.15, 0.2) is 55.1 Å². The smallest absolute Gasteiger partial charge is 0.308 e. The second kappa shape index (κ2) is 9.48. The van der Waals surface area contributed by atoms with E-state index in [9.17, 15) is 24.6 Å².